The molecule has 0 unspecified atom stereocenters. The molecule has 1 fully saturated rings. The molecule has 0 radical (unpaired) electrons. The third-order valence-corrected chi connectivity index (χ3v) is 3.78. The molecule has 21 heavy (non-hydrogen) atoms. The number of hydrogen-bond acceptors (Lipinski definition) is 3. The van der Waals surface area contributed by atoms with Crippen molar-refractivity contribution in [3.8, 4) is 5.75 Å². The van der Waals surface area contributed by atoms with Crippen LogP contribution in [0, 0.1) is 5.92 Å². The smallest absolute Gasteiger partial charge is 0.306 e. The maximum atomic E-state index is 11.8. The summed E-state index contributed by atoms with van der Waals surface area (Å²) in [6.45, 7) is 0.265. The number of nitrogens with one attached hydrogen (secondary N) is 1. The van der Waals surface area contributed by atoms with Crippen molar-refractivity contribution in [3.05, 3.63) is 29.3 Å². The molecule has 2 atom stereocenters. The van der Waals surface area contributed by atoms with Gasteiger partial charge in [0.15, 0.2) is 0 Å². The molecule has 6 heteroatoms. The molecule has 2 rings (SSSR count). The molecular weight excluding hydrogens is 294 g/mol. The molecule has 114 valence electrons. The molecule has 0 saturated heterocycles. The number of benzene rings is 1. The SMILES string of the molecule is O=C(CCOc1cccc(Cl)c1)N[C@H]1CC[C@@H](C(=O)O)C1. The van der Waals surface area contributed by atoms with Crippen LogP contribution >= 0.6 is 11.6 Å². The number of carbonyl (C=O) groups is 2. The summed E-state index contributed by atoms with van der Waals surface area (Å²) in [7, 11) is 0. The van der Waals surface area contributed by atoms with Gasteiger partial charge in [-0.25, -0.2) is 0 Å². The third kappa shape index (κ3) is 4.93. The summed E-state index contributed by atoms with van der Waals surface area (Å²) in [6.07, 6.45) is 2.09. The van der Waals surface area contributed by atoms with Crippen LogP contribution in [0.4, 0.5) is 0 Å². The Balaban J connectivity index is 1.67. The quantitative estimate of drug-likeness (QED) is 0.846. The predicted octanol–water partition coefficient (Wildman–Crippen LogP) is 2.48. The Morgan fingerprint density at radius 2 is 2.19 bits per heavy atom. The van der Waals surface area contributed by atoms with Gasteiger partial charge in [0, 0.05) is 11.1 Å². The van der Waals surface area contributed by atoms with Crippen LogP contribution < -0.4 is 10.1 Å². The van der Waals surface area contributed by atoms with Gasteiger partial charge in [-0.2, -0.15) is 0 Å². The van der Waals surface area contributed by atoms with Gasteiger partial charge >= 0.3 is 5.97 Å². The van der Waals surface area contributed by atoms with Crippen molar-refractivity contribution in [1.29, 1.82) is 0 Å². The highest BCUT2D eigenvalue weighted by atomic mass is 35.5. The van der Waals surface area contributed by atoms with Crippen molar-refractivity contribution in [2.45, 2.75) is 31.7 Å². The van der Waals surface area contributed by atoms with E-state index >= 15 is 0 Å². The second-order valence-corrected chi connectivity index (χ2v) is 5.60. The van der Waals surface area contributed by atoms with E-state index in [1.807, 2.05) is 0 Å². The maximum Gasteiger partial charge on any atom is 0.306 e. The van der Waals surface area contributed by atoms with Gasteiger partial charge in [-0.05, 0) is 37.5 Å². The summed E-state index contributed by atoms with van der Waals surface area (Å²) in [5, 5.41) is 12.4. The number of aliphatic carboxylic acids is 1. The van der Waals surface area contributed by atoms with E-state index in [0.29, 0.717) is 23.6 Å². The summed E-state index contributed by atoms with van der Waals surface area (Å²) in [5.41, 5.74) is 0. The highest BCUT2D eigenvalue weighted by molar-refractivity contribution is 6.30. The lowest BCUT2D eigenvalue weighted by atomic mass is 10.1. The molecule has 1 amide bonds. The van der Waals surface area contributed by atoms with Gasteiger partial charge in [0.2, 0.25) is 5.91 Å². The molecule has 1 aromatic carbocycles. The number of hydrogen-bond donors (Lipinski definition) is 2. The Labute approximate surface area is 128 Å². The van der Waals surface area contributed by atoms with E-state index in [0.717, 1.165) is 6.42 Å². The second-order valence-electron chi connectivity index (χ2n) is 5.17. The normalized spacial score (nSPS) is 21.0. The van der Waals surface area contributed by atoms with Gasteiger partial charge in [-0.1, -0.05) is 17.7 Å². The number of carboxylic acid groups (broad SMARTS) is 1. The summed E-state index contributed by atoms with van der Waals surface area (Å²) in [4.78, 5) is 22.6. The first kappa shape index (κ1) is 15.6. The molecule has 1 aliphatic carbocycles. The lowest BCUT2D eigenvalue weighted by Gasteiger charge is -2.12. The van der Waals surface area contributed by atoms with E-state index in [1.165, 1.54) is 0 Å². The molecule has 0 spiro atoms. The minimum Gasteiger partial charge on any atom is -0.493 e. The van der Waals surface area contributed by atoms with Crippen LogP contribution in [-0.4, -0.2) is 29.6 Å². The third-order valence-electron chi connectivity index (χ3n) is 3.54. The van der Waals surface area contributed by atoms with Crippen molar-refractivity contribution in [2.75, 3.05) is 6.61 Å². The first-order chi connectivity index (χ1) is 10.0. The van der Waals surface area contributed by atoms with Gasteiger partial charge in [-0.3, -0.25) is 9.59 Å². The molecule has 1 saturated carbocycles. The molecule has 0 bridgehead atoms. The van der Waals surface area contributed by atoms with Crippen molar-refractivity contribution in [2.24, 2.45) is 5.92 Å². The molecule has 0 aromatic heterocycles. The Bertz CT molecular complexity index is 520. The Kier molecular flexibility index (Phi) is 5.44. The highest BCUT2D eigenvalue weighted by Crippen LogP contribution is 2.25. The van der Waals surface area contributed by atoms with E-state index in [-0.39, 0.29) is 30.9 Å². The predicted molar refractivity (Wildman–Crippen MR) is 78.5 cm³/mol. The zero-order valence-electron chi connectivity index (χ0n) is 11.5. The molecule has 0 aliphatic heterocycles. The van der Waals surface area contributed by atoms with E-state index in [9.17, 15) is 9.59 Å². The van der Waals surface area contributed by atoms with Crippen LogP contribution in [0.25, 0.3) is 0 Å². The first-order valence-corrected chi connectivity index (χ1v) is 7.33. The van der Waals surface area contributed by atoms with Crippen molar-refractivity contribution < 1.29 is 19.4 Å². The van der Waals surface area contributed by atoms with Gasteiger partial charge < -0.3 is 15.2 Å². The fraction of sp³-hybridized carbons (Fsp3) is 0.467. The number of amides is 1. The zero-order chi connectivity index (χ0) is 15.2. The highest BCUT2D eigenvalue weighted by Gasteiger charge is 2.30. The second kappa shape index (κ2) is 7.31. The van der Waals surface area contributed by atoms with Crippen molar-refractivity contribution in [3.63, 3.8) is 0 Å². The molecule has 5 nitrogen and oxygen atoms in total. The van der Waals surface area contributed by atoms with Gasteiger partial charge in [0.1, 0.15) is 5.75 Å². The van der Waals surface area contributed by atoms with Gasteiger partial charge in [0.05, 0.1) is 18.9 Å². The average molecular weight is 312 g/mol. The number of ether oxygens (including phenoxy) is 1. The average Bonchev–Trinajstić information content (AvgIpc) is 2.87. The maximum absolute atomic E-state index is 11.8. The standard InChI is InChI=1S/C15H18ClNO4/c16-11-2-1-3-13(9-11)21-7-6-14(18)17-12-5-4-10(8-12)15(19)20/h1-3,9-10,12H,4-8H2,(H,17,18)(H,19,20)/t10-,12+/m1/s1. The monoisotopic (exact) mass is 311 g/mol. The summed E-state index contributed by atoms with van der Waals surface area (Å²) < 4.78 is 5.44. The number of carbonyl (C=O) groups excluding carboxylic acids is 1. The van der Waals surface area contributed by atoms with E-state index < -0.39 is 5.97 Å². The largest absolute Gasteiger partial charge is 0.493 e. The van der Waals surface area contributed by atoms with Crippen LogP contribution in [0.3, 0.4) is 0 Å². The Morgan fingerprint density at radius 1 is 1.38 bits per heavy atom. The summed E-state index contributed by atoms with van der Waals surface area (Å²) in [5.74, 6) is -0.607. The van der Waals surface area contributed by atoms with Crippen molar-refractivity contribution in [1.82, 2.24) is 5.32 Å². The lowest BCUT2D eigenvalue weighted by Crippen LogP contribution is -2.34. The molecule has 2 N–H and O–H groups in total. The summed E-state index contributed by atoms with van der Waals surface area (Å²) >= 11 is 5.83. The van der Waals surface area contributed by atoms with Crippen LogP contribution in [0.2, 0.25) is 5.02 Å². The van der Waals surface area contributed by atoms with E-state index in [2.05, 4.69) is 5.32 Å². The van der Waals surface area contributed by atoms with Gasteiger partial charge in [0.25, 0.3) is 0 Å². The van der Waals surface area contributed by atoms with Crippen LogP contribution in [0.1, 0.15) is 25.7 Å². The minimum absolute atomic E-state index is 0.0373. The van der Waals surface area contributed by atoms with Gasteiger partial charge in [-0.15, -0.1) is 0 Å². The minimum atomic E-state index is -0.781. The Morgan fingerprint density at radius 3 is 2.86 bits per heavy atom. The Hall–Kier alpha value is -1.75. The summed E-state index contributed by atoms with van der Waals surface area (Å²) in [6, 6.07) is 6.96. The molecule has 1 aromatic rings. The number of rotatable bonds is 6. The fourth-order valence-corrected chi connectivity index (χ4v) is 2.64. The zero-order valence-corrected chi connectivity index (χ0v) is 12.3. The van der Waals surface area contributed by atoms with Crippen LogP contribution in [0.5, 0.6) is 5.75 Å². The number of carboxylic acids is 1. The van der Waals surface area contributed by atoms with Crippen molar-refractivity contribution >= 4 is 23.5 Å². The van der Waals surface area contributed by atoms with E-state index in [4.69, 9.17) is 21.4 Å². The van der Waals surface area contributed by atoms with E-state index in [1.54, 1.807) is 24.3 Å². The lowest BCUT2D eigenvalue weighted by molar-refractivity contribution is -0.141. The van der Waals surface area contributed by atoms with Crippen LogP contribution in [-0.2, 0) is 9.59 Å². The molecular formula is C15H18ClNO4. The fourth-order valence-electron chi connectivity index (χ4n) is 2.46. The topological polar surface area (TPSA) is 75.6 Å². The van der Waals surface area contributed by atoms with Crippen LogP contribution in [0.15, 0.2) is 24.3 Å². The number of halogens is 1. The molecule has 0 heterocycles. The first-order valence-electron chi connectivity index (χ1n) is 6.95. The molecule has 1 aliphatic rings.